The molecular formula is C28H35N7O3. The van der Waals surface area contributed by atoms with Gasteiger partial charge in [0.2, 0.25) is 11.9 Å². The second-order valence-corrected chi connectivity index (χ2v) is 10.7. The number of amides is 2. The van der Waals surface area contributed by atoms with Crippen LogP contribution >= 0.6 is 0 Å². The Kier molecular flexibility index (Phi) is 7.95. The number of aromatic nitrogens is 4. The van der Waals surface area contributed by atoms with E-state index in [1.165, 1.54) is 0 Å². The fourth-order valence-electron chi connectivity index (χ4n) is 4.78. The van der Waals surface area contributed by atoms with Gasteiger partial charge in [-0.1, -0.05) is 12.1 Å². The zero-order valence-electron chi connectivity index (χ0n) is 22.7. The molecule has 1 aromatic carbocycles. The van der Waals surface area contributed by atoms with Crippen LogP contribution in [0.15, 0.2) is 30.5 Å². The molecule has 2 aromatic heterocycles. The molecule has 1 atom stereocenters. The van der Waals surface area contributed by atoms with Crippen LogP contribution in [-0.4, -0.2) is 55.1 Å². The molecule has 0 saturated carbocycles. The quantitative estimate of drug-likeness (QED) is 0.498. The Balaban J connectivity index is 1.43. The van der Waals surface area contributed by atoms with Crippen molar-refractivity contribution in [2.24, 2.45) is 5.92 Å². The minimum Gasteiger partial charge on any atom is -0.444 e. The number of nitrogens with zero attached hydrogens (tertiary/aromatic N) is 6. The van der Waals surface area contributed by atoms with E-state index in [0.29, 0.717) is 37.6 Å². The summed E-state index contributed by atoms with van der Waals surface area (Å²) in [6.45, 7) is 11.2. The number of carbonyl (C=O) groups excluding carboxylic acids is 2. The van der Waals surface area contributed by atoms with Gasteiger partial charge in [0.25, 0.3) is 0 Å². The maximum Gasteiger partial charge on any atom is 0.410 e. The molecule has 1 saturated heterocycles. The van der Waals surface area contributed by atoms with Gasteiger partial charge in [-0.05, 0) is 71.1 Å². The number of hydrogen-bond donors (Lipinski definition) is 1. The predicted octanol–water partition coefficient (Wildman–Crippen LogP) is 4.79. The molecule has 1 aliphatic heterocycles. The molecule has 1 fully saturated rings. The molecule has 200 valence electrons. The number of piperidine rings is 1. The van der Waals surface area contributed by atoms with Crippen LogP contribution < -0.4 is 5.32 Å². The van der Waals surface area contributed by atoms with Crippen LogP contribution in [0.4, 0.5) is 10.7 Å². The Bertz CT molecular complexity index is 1360. The first-order valence-electron chi connectivity index (χ1n) is 13.1. The lowest BCUT2D eigenvalue weighted by molar-refractivity contribution is -0.117. The average molecular weight is 518 g/mol. The van der Waals surface area contributed by atoms with Gasteiger partial charge >= 0.3 is 6.09 Å². The highest BCUT2D eigenvalue weighted by Gasteiger charge is 2.29. The predicted molar refractivity (Wildman–Crippen MR) is 143 cm³/mol. The highest BCUT2D eigenvalue weighted by molar-refractivity contribution is 5.89. The number of likely N-dealkylation sites (tertiary alicyclic amines) is 1. The monoisotopic (exact) mass is 517 g/mol. The van der Waals surface area contributed by atoms with Crippen LogP contribution in [-0.2, 0) is 16.1 Å². The minimum atomic E-state index is -0.710. The SMILES string of the molecule is CCn1c(C(C#N)c2nc(NC(=O)CC3CCN(C(=O)OC(C)(C)C)CC3)ncc2C)nc2ccccc21. The summed E-state index contributed by atoms with van der Waals surface area (Å²) in [7, 11) is 0. The fraction of sp³-hybridized carbons (Fsp3) is 0.500. The van der Waals surface area contributed by atoms with Gasteiger partial charge in [0.05, 0.1) is 22.8 Å². The molecule has 0 aliphatic carbocycles. The van der Waals surface area contributed by atoms with Gasteiger partial charge in [-0.25, -0.2) is 19.7 Å². The minimum absolute atomic E-state index is 0.148. The van der Waals surface area contributed by atoms with Crippen LogP contribution in [0.5, 0.6) is 0 Å². The van der Waals surface area contributed by atoms with Crippen LogP contribution in [0.25, 0.3) is 11.0 Å². The number of imidazole rings is 1. The van der Waals surface area contributed by atoms with Crippen molar-refractivity contribution in [3.05, 3.63) is 47.5 Å². The third-order valence-corrected chi connectivity index (χ3v) is 6.66. The Morgan fingerprint density at radius 2 is 1.92 bits per heavy atom. The molecule has 1 N–H and O–H groups in total. The molecule has 4 rings (SSSR count). The number of aryl methyl sites for hydroxylation is 2. The second-order valence-electron chi connectivity index (χ2n) is 10.7. The molecule has 10 heteroatoms. The molecule has 38 heavy (non-hydrogen) atoms. The molecule has 0 radical (unpaired) electrons. The molecule has 2 amide bonds. The summed E-state index contributed by atoms with van der Waals surface area (Å²) in [5.74, 6) is 0.0335. The van der Waals surface area contributed by atoms with E-state index >= 15 is 0 Å². The largest absolute Gasteiger partial charge is 0.444 e. The van der Waals surface area contributed by atoms with Crippen LogP contribution in [0.1, 0.15) is 70.0 Å². The number of fused-ring (bicyclic) bond motifs is 1. The summed E-state index contributed by atoms with van der Waals surface area (Å²) in [5.41, 5.74) is 2.52. The van der Waals surface area contributed by atoms with Gasteiger partial charge in [0, 0.05) is 32.3 Å². The van der Waals surface area contributed by atoms with Gasteiger partial charge in [0.15, 0.2) is 0 Å². The highest BCUT2D eigenvalue weighted by Crippen LogP contribution is 2.29. The summed E-state index contributed by atoms with van der Waals surface area (Å²) in [6.07, 6.45) is 3.06. The number of carbonyl (C=O) groups is 2. The number of nitriles is 1. The number of anilines is 1. The first-order chi connectivity index (χ1) is 18.1. The van der Waals surface area contributed by atoms with Crippen molar-refractivity contribution in [2.75, 3.05) is 18.4 Å². The average Bonchev–Trinajstić information content (AvgIpc) is 3.24. The molecule has 10 nitrogen and oxygen atoms in total. The van der Waals surface area contributed by atoms with Crippen molar-refractivity contribution in [3.63, 3.8) is 0 Å². The van der Waals surface area contributed by atoms with Gasteiger partial charge in [-0.3, -0.25) is 10.1 Å². The summed E-state index contributed by atoms with van der Waals surface area (Å²) in [4.78, 5) is 40.4. The lowest BCUT2D eigenvalue weighted by Gasteiger charge is -2.33. The zero-order chi connectivity index (χ0) is 27.4. The normalized spacial score (nSPS) is 15.2. The molecule has 3 heterocycles. The molecule has 3 aromatic rings. The standard InChI is InChI=1S/C28H35N7O3/c1-6-35-22-10-8-7-9-21(22)31-25(35)20(16-29)24-18(2)17-30-26(33-24)32-23(36)15-19-11-13-34(14-12-19)27(37)38-28(3,4)5/h7-10,17,19-20H,6,11-15H2,1-5H3,(H,30,32,33,36). The van der Waals surface area contributed by atoms with Gasteiger partial charge in [-0.2, -0.15) is 5.26 Å². The molecule has 1 aliphatic rings. The summed E-state index contributed by atoms with van der Waals surface area (Å²) < 4.78 is 7.47. The van der Waals surface area contributed by atoms with Crippen molar-refractivity contribution in [1.29, 1.82) is 5.26 Å². The van der Waals surface area contributed by atoms with Crippen molar-refractivity contribution >= 4 is 29.0 Å². The Labute approximate surface area is 223 Å². The lowest BCUT2D eigenvalue weighted by Crippen LogP contribution is -2.42. The van der Waals surface area contributed by atoms with E-state index in [4.69, 9.17) is 9.72 Å². The van der Waals surface area contributed by atoms with E-state index in [1.54, 1.807) is 11.1 Å². The lowest BCUT2D eigenvalue weighted by atomic mass is 9.93. The summed E-state index contributed by atoms with van der Waals surface area (Å²) >= 11 is 0. The van der Waals surface area contributed by atoms with Gasteiger partial charge < -0.3 is 14.2 Å². The van der Waals surface area contributed by atoms with E-state index < -0.39 is 11.5 Å². The molecule has 1 unspecified atom stereocenters. The van der Waals surface area contributed by atoms with Crippen molar-refractivity contribution in [1.82, 2.24) is 24.4 Å². The number of benzene rings is 1. The van der Waals surface area contributed by atoms with Gasteiger partial charge in [-0.15, -0.1) is 0 Å². The third kappa shape index (κ3) is 6.10. The topological polar surface area (TPSA) is 126 Å². The number of hydrogen-bond acceptors (Lipinski definition) is 7. The first-order valence-corrected chi connectivity index (χ1v) is 13.1. The first kappa shape index (κ1) is 27.0. The van der Waals surface area contributed by atoms with Crippen LogP contribution in [0.3, 0.4) is 0 Å². The maximum atomic E-state index is 12.8. The Morgan fingerprint density at radius 3 is 2.58 bits per heavy atom. The number of para-hydroxylation sites is 2. The van der Waals surface area contributed by atoms with E-state index in [1.807, 2.05) is 63.5 Å². The van der Waals surface area contributed by atoms with Crippen LogP contribution in [0.2, 0.25) is 0 Å². The number of ether oxygens (including phenoxy) is 1. The Morgan fingerprint density at radius 1 is 1.21 bits per heavy atom. The van der Waals surface area contributed by atoms with Gasteiger partial charge in [0.1, 0.15) is 17.3 Å². The Hall–Kier alpha value is -4.00. The van der Waals surface area contributed by atoms with E-state index in [9.17, 15) is 14.9 Å². The second kappa shape index (κ2) is 11.2. The van der Waals surface area contributed by atoms with Crippen molar-refractivity contribution < 1.29 is 14.3 Å². The van der Waals surface area contributed by atoms with E-state index in [0.717, 1.165) is 29.4 Å². The van der Waals surface area contributed by atoms with Crippen LogP contribution in [0, 0.1) is 24.2 Å². The van der Waals surface area contributed by atoms with Crippen molar-refractivity contribution in [2.45, 2.75) is 71.9 Å². The smallest absolute Gasteiger partial charge is 0.410 e. The number of rotatable bonds is 6. The fourth-order valence-corrected chi connectivity index (χ4v) is 4.78. The summed E-state index contributed by atoms with van der Waals surface area (Å²) in [6, 6.07) is 10.1. The third-order valence-electron chi connectivity index (χ3n) is 6.66. The maximum absolute atomic E-state index is 12.8. The molecular weight excluding hydrogens is 482 g/mol. The zero-order valence-corrected chi connectivity index (χ0v) is 22.7. The van der Waals surface area contributed by atoms with E-state index in [-0.39, 0.29) is 23.9 Å². The highest BCUT2D eigenvalue weighted by atomic mass is 16.6. The molecule has 0 bridgehead atoms. The number of nitrogens with one attached hydrogen (secondary N) is 1. The summed E-state index contributed by atoms with van der Waals surface area (Å²) in [5, 5.41) is 12.9. The van der Waals surface area contributed by atoms with Crippen molar-refractivity contribution in [3.8, 4) is 6.07 Å². The van der Waals surface area contributed by atoms with E-state index in [2.05, 4.69) is 21.4 Å². The molecule has 0 spiro atoms.